The molecule has 4 rings (SSSR count). The van der Waals surface area contributed by atoms with Gasteiger partial charge in [-0.1, -0.05) is 30.3 Å². The second kappa shape index (κ2) is 9.59. The lowest BCUT2D eigenvalue weighted by molar-refractivity contribution is 0.0815. The molecule has 1 saturated heterocycles. The molecule has 0 aliphatic carbocycles. The molecule has 31 heavy (non-hydrogen) atoms. The van der Waals surface area contributed by atoms with Gasteiger partial charge in [-0.25, -0.2) is 19.7 Å². The summed E-state index contributed by atoms with van der Waals surface area (Å²) in [6, 6.07) is 12.1. The largest absolute Gasteiger partial charge is 0.446 e. The highest BCUT2D eigenvalue weighted by molar-refractivity contribution is 5.89. The van der Waals surface area contributed by atoms with Crippen molar-refractivity contribution in [2.45, 2.75) is 45.4 Å². The summed E-state index contributed by atoms with van der Waals surface area (Å²) in [6.07, 6.45) is 4.72. The lowest BCUT2D eigenvalue weighted by atomic mass is 10.1. The average Bonchev–Trinajstić information content (AvgIpc) is 2.78. The summed E-state index contributed by atoms with van der Waals surface area (Å²) in [6.45, 7) is 6.03. The molecule has 3 aromatic rings. The van der Waals surface area contributed by atoms with E-state index in [1.54, 1.807) is 6.20 Å². The van der Waals surface area contributed by atoms with Crippen LogP contribution in [-0.4, -0.2) is 46.3 Å². The van der Waals surface area contributed by atoms with Crippen molar-refractivity contribution in [1.29, 1.82) is 0 Å². The number of fused-ring (bicyclic) bond motifs is 1. The molecule has 1 fully saturated rings. The summed E-state index contributed by atoms with van der Waals surface area (Å²) < 4.78 is 5.52. The highest BCUT2D eigenvalue weighted by Gasteiger charge is 2.24. The molecule has 2 N–H and O–H groups in total. The molecule has 0 unspecified atom stereocenters. The Morgan fingerprint density at radius 2 is 1.94 bits per heavy atom. The van der Waals surface area contributed by atoms with Crippen LogP contribution in [0.2, 0.25) is 0 Å². The molecular formula is C23H28N6O2. The molecule has 8 heteroatoms. The second-order valence-corrected chi connectivity index (χ2v) is 7.99. The first-order valence-electron chi connectivity index (χ1n) is 10.7. The van der Waals surface area contributed by atoms with E-state index in [2.05, 4.69) is 42.6 Å². The van der Waals surface area contributed by atoms with Crippen molar-refractivity contribution in [2.75, 3.05) is 23.3 Å². The Bertz CT molecular complexity index is 1020. The lowest BCUT2D eigenvalue weighted by Gasteiger charge is -2.33. The molecule has 1 aromatic carbocycles. The summed E-state index contributed by atoms with van der Waals surface area (Å²) >= 11 is 0. The van der Waals surface area contributed by atoms with Gasteiger partial charge in [0.25, 0.3) is 0 Å². The van der Waals surface area contributed by atoms with E-state index < -0.39 is 0 Å². The minimum absolute atomic E-state index is 0.0690. The average molecular weight is 421 g/mol. The molecule has 162 valence electrons. The molecule has 0 spiro atoms. The zero-order valence-electron chi connectivity index (χ0n) is 17.9. The van der Waals surface area contributed by atoms with Crippen LogP contribution in [-0.2, 0) is 11.3 Å². The Morgan fingerprint density at radius 3 is 2.68 bits per heavy atom. The molecule has 0 radical (unpaired) electrons. The maximum Gasteiger partial charge on any atom is 0.407 e. The molecule has 1 aliphatic heterocycles. The van der Waals surface area contributed by atoms with E-state index in [0.29, 0.717) is 12.5 Å². The minimum Gasteiger partial charge on any atom is -0.446 e. The fourth-order valence-corrected chi connectivity index (χ4v) is 3.66. The van der Waals surface area contributed by atoms with Gasteiger partial charge in [-0.15, -0.1) is 0 Å². The van der Waals surface area contributed by atoms with Crippen LogP contribution in [0.3, 0.4) is 0 Å². The van der Waals surface area contributed by atoms with Crippen LogP contribution in [0.4, 0.5) is 16.6 Å². The van der Waals surface area contributed by atoms with Crippen LogP contribution in [0.5, 0.6) is 0 Å². The number of alkyl carbamates (subject to hydrolysis) is 1. The van der Waals surface area contributed by atoms with Gasteiger partial charge >= 0.3 is 6.09 Å². The molecule has 1 amide bonds. The molecule has 0 bridgehead atoms. The summed E-state index contributed by atoms with van der Waals surface area (Å²) in [5.41, 5.74) is 2.03. The van der Waals surface area contributed by atoms with Crippen LogP contribution in [0.1, 0.15) is 32.3 Å². The number of ether oxygens (including phenoxy) is 1. The van der Waals surface area contributed by atoms with E-state index in [9.17, 15) is 4.79 Å². The van der Waals surface area contributed by atoms with E-state index in [1.807, 2.05) is 44.3 Å². The Morgan fingerprint density at radius 1 is 1.16 bits per heavy atom. The van der Waals surface area contributed by atoms with Gasteiger partial charge in [0, 0.05) is 50.9 Å². The summed E-state index contributed by atoms with van der Waals surface area (Å²) in [4.78, 5) is 27.8. The van der Waals surface area contributed by atoms with Crippen molar-refractivity contribution in [2.24, 2.45) is 0 Å². The second-order valence-electron chi connectivity index (χ2n) is 7.99. The van der Waals surface area contributed by atoms with Crippen molar-refractivity contribution in [3.63, 3.8) is 0 Å². The monoisotopic (exact) mass is 420 g/mol. The van der Waals surface area contributed by atoms with Gasteiger partial charge in [0.2, 0.25) is 5.95 Å². The van der Waals surface area contributed by atoms with E-state index in [4.69, 9.17) is 4.74 Å². The third kappa shape index (κ3) is 5.39. The molecule has 2 aromatic heterocycles. The van der Waals surface area contributed by atoms with E-state index in [-0.39, 0.29) is 18.2 Å². The van der Waals surface area contributed by atoms with E-state index in [1.165, 1.54) is 5.56 Å². The predicted molar refractivity (Wildman–Crippen MR) is 121 cm³/mol. The zero-order valence-corrected chi connectivity index (χ0v) is 17.9. The predicted octanol–water partition coefficient (Wildman–Crippen LogP) is 3.74. The molecule has 1 aliphatic rings. The zero-order chi connectivity index (χ0) is 21.6. The van der Waals surface area contributed by atoms with Gasteiger partial charge in [0.05, 0.1) is 10.9 Å². The fourth-order valence-electron chi connectivity index (χ4n) is 3.66. The minimum atomic E-state index is -0.347. The van der Waals surface area contributed by atoms with Gasteiger partial charge in [-0.2, -0.15) is 0 Å². The van der Waals surface area contributed by atoms with Gasteiger partial charge in [-0.05, 0) is 25.5 Å². The van der Waals surface area contributed by atoms with Crippen LogP contribution in [0, 0.1) is 0 Å². The van der Waals surface area contributed by atoms with Crippen LogP contribution >= 0.6 is 0 Å². The highest BCUT2D eigenvalue weighted by atomic mass is 16.6. The molecule has 8 nitrogen and oxygen atoms in total. The van der Waals surface area contributed by atoms with Crippen molar-refractivity contribution >= 4 is 28.8 Å². The first-order chi connectivity index (χ1) is 15.1. The van der Waals surface area contributed by atoms with Crippen molar-refractivity contribution in [1.82, 2.24) is 20.3 Å². The summed E-state index contributed by atoms with van der Waals surface area (Å²) in [7, 11) is 0. The summed E-state index contributed by atoms with van der Waals surface area (Å²) in [5.74, 6) is 1.47. The van der Waals surface area contributed by atoms with E-state index in [0.717, 1.165) is 42.7 Å². The normalized spacial score (nSPS) is 14.6. The van der Waals surface area contributed by atoms with E-state index >= 15 is 0 Å². The Hall–Kier alpha value is -3.42. The Balaban J connectivity index is 1.40. The number of benzene rings is 1. The molecule has 0 atom stereocenters. The highest BCUT2D eigenvalue weighted by Crippen LogP contribution is 2.27. The first-order valence-corrected chi connectivity index (χ1v) is 10.7. The molecule has 3 heterocycles. The number of amides is 1. The molecule has 0 saturated carbocycles. The van der Waals surface area contributed by atoms with Gasteiger partial charge in [0.1, 0.15) is 11.9 Å². The number of hydrogen-bond donors (Lipinski definition) is 2. The first kappa shape index (κ1) is 20.8. The fraction of sp³-hybridized carbons (Fsp3) is 0.391. The van der Waals surface area contributed by atoms with Crippen molar-refractivity contribution in [3.05, 3.63) is 54.4 Å². The van der Waals surface area contributed by atoms with Crippen LogP contribution in [0.15, 0.2) is 48.8 Å². The third-order valence-corrected chi connectivity index (χ3v) is 5.20. The van der Waals surface area contributed by atoms with Gasteiger partial charge < -0.3 is 20.3 Å². The lowest BCUT2D eigenvalue weighted by Crippen LogP contribution is -2.41. The number of nitrogens with one attached hydrogen (secondary N) is 2. The number of pyridine rings is 1. The number of anilines is 2. The van der Waals surface area contributed by atoms with Crippen molar-refractivity contribution < 1.29 is 9.53 Å². The maximum atomic E-state index is 11.8. The topological polar surface area (TPSA) is 92.3 Å². The SMILES string of the molecule is CC(C)NC(=O)OC1CCN(c2nccc3nc(NCc4ccccc4)ncc23)CC1. The van der Waals surface area contributed by atoms with Crippen LogP contribution in [0.25, 0.3) is 10.9 Å². The number of carbonyl (C=O) groups excluding carboxylic acids is 1. The summed E-state index contributed by atoms with van der Waals surface area (Å²) in [5, 5.41) is 6.97. The van der Waals surface area contributed by atoms with Gasteiger partial charge in [0.15, 0.2) is 0 Å². The number of hydrogen-bond acceptors (Lipinski definition) is 7. The number of carbonyl (C=O) groups is 1. The van der Waals surface area contributed by atoms with Crippen molar-refractivity contribution in [3.8, 4) is 0 Å². The quantitative estimate of drug-likeness (QED) is 0.627. The van der Waals surface area contributed by atoms with Crippen LogP contribution < -0.4 is 15.5 Å². The smallest absolute Gasteiger partial charge is 0.407 e. The molecular weight excluding hydrogens is 392 g/mol. The number of piperidine rings is 1. The number of nitrogens with zero attached hydrogens (tertiary/aromatic N) is 4. The van der Waals surface area contributed by atoms with Gasteiger partial charge in [-0.3, -0.25) is 0 Å². The standard InChI is InChI=1S/C23H28N6O2/c1-16(2)27-23(30)31-18-9-12-29(13-10-18)21-19-15-26-22(28-20(19)8-11-24-21)25-14-17-6-4-3-5-7-17/h3-8,11,15-16,18H,9-10,12-14H2,1-2H3,(H,27,30)(H,25,26,28). The Kier molecular flexibility index (Phi) is 6.45. The number of rotatable bonds is 6. The third-order valence-electron chi connectivity index (χ3n) is 5.20. The number of aromatic nitrogens is 3. The Labute approximate surface area is 182 Å². The maximum absolute atomic E-state index is 11.8.